The van der Waals surface area contributed by atoms with E-state index in [0.29, 0.717) is 51.4 Å². The van der Waals surface area contributed by atoms with E-state index in [2.05, 4.69) is 24.8 Å². The van der Waals surface area contributed by atoms with Gasteiger partial charge in [0, 0.05) is 45.2 Å². The van der Waals surface area contributed by atoms with E-state index >= 15 is 0 Å². The molecule has 0 atom stereocenters. The lowest BCUT2D eigenvalue weighted by Gasteiger charge is -2.38. The maximum Gasteiger partial charge on any atom is 0.243 e. The quantitative estimate of drug-likeness (QED) is 0.600. The Morgan fingerprint density at radius 2 is 1.65 bits per heavy atom. The van der Waals surface area contributed by atoms with E-state index in [-0.39, 0.29) is 16.7 Å². The standard InChI is InChI=1S/C26H35N3O4S/c1-4-20(5-2)26(30)28-16-14-27(15-17-28)24-18-23(10-11-25(24)33-3)34(31,32)29-13-12-21-8-6-7-9-22(21)19-29/h6-11,18,20H,4-5,12-17,19H2,1-3H3. The Hall–Kier alpha value is -2.58. The number of nitrogens with zero attached hydrogens (tertiary/aromatic N) is 3. The number of hydrogen-bond acceptors (Lipinski definition) is 5. The minimum absolute atomic E-state index is 0.0734. The van der Waals surface area contributed by atoms with Gasteiger partial charge in [-0.1, -0.05) is 38.1 Å². The highest BCUT2D eigenvalue weighted by Gasteiger charge is 2.31. The molecule has 7 nitrogen and oxygen atoms in total. The monoisotopic (exact) mass is 485 g/mol. The van der Waals surface area contributed by atoms with Gasteiger partial charge < -0.3 is 14.5 Å². The third-order valence-corrected chi connectivity index (χ3v) is 8.99. The van der Waals surface area contributed by atoms with Crippen LogP contribution in [0.1, 0.15) is 37.8 Å². The summed E-state index contributed by atoms with van der Waals surface area (Å²) < 4.78 is 34.2. The maximum absolute atomic E-state index is 13.5. The smallest absolute Gasteiger partial charge is 0.243 e. The highest BCUT2D eigenvalue weighted by atomic mass is 32.2. The van der Waals surface area contributed by atoms with Crippen LogP contribution in [0, 0.1) is 5.92 Å². The number of anilines is 1. The first-order chi connectivity index (χ1) is 16.4. The van der Waals surface area contributed by atoms with Crippen LogP contribution in [0.5, 0.6) is 5.75 Å². The average Bonchev–Trinajstić information content (AvgIpc) is 2.88. The van der Waals surface area contributed by atoms with Crippen LogP contribution in [-0.2, 0) is 27.8 Å². The van der Waals surface area contributed by atoms with Gasteiger partial charge in [0.2, 0.25) is 15.9 Å². The van der Waals surface area contributed by atoms with Crippen molar-refractivity contribution in [1.29, 1.82) is 0 Å². The molecule has 0 unspecified atom stereocenters. The number of carbonyl (C=O) groups excluding carboxylic acids is 1. The molecule has 2 heterocycles. The summed E-state index contributed by atoms with van der Waals surface area (Å²) in [5.74, 6) is 0.935. The molecule has 0 radical (unpaired) electrons. The zero-order chi connectivity index (χ0) is 24.3. The lowest BCUT2D eigenvalue weighted by atomic mass is 10.0. The second-order valence-corrected chi connectivity index (χ2v) is 11.0. The first-order valence-corrected chi connectivity index (χ1v) is 13.6. The first kappa shape index (κ1) is 24.5. The molecule has 2 aromatic rings. The Balaban J connectivity index is 1.53. The van der Waals surface area contributed by atoms with Gasteiger partial charge in [-0.15, -0.1) is 0 Å². The van der Waals surface area contributed by atoms with Crippen LogP contribution in [0.2, 0.25) is 0 Å². The summed E-state index contributed by atoms with van der Waals surface area (Å²) in [5.41, 5.74) is 3.03. The Bertz CT molecular complexity index is 1120. The molecule has 0 spiro atoms. The van der Waals surface area contributed by atoms with Crippen molar-refractivity contribution in [2.24, 2.45) is 5.92 Å². The summed E-state index contributed by atoms with van der Waals surface area (Å²) in [7, 11) is -2.05. The van der Waals surface area contributed by atoms with E-state index in [4.69, 9.17) is 4.74 Å². The van der Waals surface area contributed by atoms with Crippen molar-refractivity contribution in [3.05, 3.63) is 53.6 Å². The molecular formula is C26H35N3O4S. The number of fused-ring (bicyclic) bond motifs is 1. The first-order valence-electron chi connectivity index (χ1n) is 12.2. The van der Waals surface area contributed by atoms with Crippen LogP contribution >= 0.6 is 0 Å². The molecule has 1 amide bonds. The van der Waals surface area contributed by atoms with Crippen LogP contribution < -0.4 is 9.64 Å². The second-order valence-electron chi connectivity index (χ2n) is 9.02. The predicted octanol–water partition coefficient (Wildman–Crippen LogP) is 3.53. The number of rotatable bonds is 7. The van der Waals surface area contributed by atoms with Gasteiger partial charge in [0.25, 0.3) is 0 Å². The second kappa shape index (κ2) is 10.4. The van der Waals surface area contributed by atoms with Crippen LogP contribution in [0.15, 0.2) is 47.4 Å². The Labute approximate surface area is 203 Å². The summed E-state index contributed by atoms with van der Waals surface area (Å²) in [4.78, 5) is 17.1. The molecule has 0 aliphatic carbocycles. The Morgan fingerprint density at radius 3 is 2.29 bits per heavy atom. The molecule has 184 valence electrons. The zero-order valence-electron chi connectivity index (χ0n) is 20.4. The molecule has 0 saturated carbocycles. The molecule has 2 aliphatic heterocycles. The van der Waals surface area contributed by atoms with Crippen LogP contribution in [0.25, 0.3) is 0 Å². The van der Waals surface area contributed by atoms with Gasteiger partial charge in [0.1, 0.15) is 5.75 Å². The number of carbonyl (C=O) groups is 1. The molecule has 1 saturated heterocycles. The van der Waals surface area contributed by atoms with Crippen molar-refractivity contribution >= 4 is 21.6 Å². The number of ether oxygens (including phenoxy) is 1. The molecule has 2 aliphatic rings. The summed E-state index contributed by atoms with van der Waals surface area (Å²) in [5, 5.41) is 0. The normalized spacial score (nSPS) is 17.1. The van der Waals surface area contributed by atoms with Crippen molar-refractivity contribution in [2.75, 3.05) is 44.7 Å². The van der Waals surface area contributed by atoms with Gasteiger partial charge in [-0.05, 0) is 48.6 Å². The van der Waals surface area contributed by atoms with Gasteiger partial charge in [0.05, 0.1) is 17.7 Å². The molecular weight excluding hydrogens is 450 g/mol. The summed E-state index contributed by atoms with van der Waals surface area (Å²) >= 11 is 0. The molecule has 2 aromatic carbocycles. The van der Waals surface area contributed by atoms with Crippen LogP contribution in [-0.4, -0.2) is 63.4 Å². The fraction of sp³-hybridized carbons (Fsp3) is 0.500. The van der Waals surface area contributed by atoms with Gasteiger partial charge in [-0.2, -0.15) is 4.31 Å². The van der Waals surface area contributed by atoms with E-state index in [1.54, 1.807) is 29.6 Å². The minimum atomic E-state index is -3.65. The molecule has 8 heteroatoms. The van der Waals surface area contributed by atoms with E-state index in [1.165, 1.54) is 5.56 Å². The highest BCUT2D eigenvalue weighted by Crippen LogP contribution is 2.34. The fourth-order valence-electron chi connectivity index (χ4n) is 4.97. The van der Waals surface area contributed by atoms with Gasteiger partial charge in [-0.25, -0.2) is 8.42 Å². The van der Waals surface area contributed by atoms with E-state index < -0.39 is 10.0 Å². The number of hydrogen-bond donors (Lipinski definition) is 0. The lowest BCUT2D eigenvalue weighted by molar-refractivity contribution is -0.136. The SMILES string of the molecule is CCC(CC)C(=O)N1CCN(c2cc(S(=O)(=O)N3CCc4ccccc4C3)ccc2OC)CC1. The maximum atomic E-state index is 13.5. The van der Waals surface area contributed by atoms with Gasteiger partial charge in [0.15, 0.2) is 0 Å². The average molecular weight is 486 g/mol. The third-order valence-electron chi connectivity index (χ3n) is 7.15. The topological polar surface area (TPSA) is 70.2 Å². The molecule has 4 rings (SSSR count). The third kappa shape index (κ3) is 4.79. The van der Waals surface area contributed by atoms with Crippen molar-refractivity contribution < 1.29 is 17.9 Å². The zero-order valence-corrected chi connectivity index (χ0v) is 21.2. The molecule has 0 aromatic heterocycles. The van der Waals surface area contributed by atoms with Crippen molar-refractivity contribution in [3.8, 4) is 5.75 Å². The van der Waals surface area contributed by atoms with Crippen molar-refractivity contribution in [2.45, 2.75) is 44.6 Å². The Kier molecular flexibility index (Phi) is 7.48. The van der Waals surface area contributed by atoms with E-state index in [1.807, 2.05) is 23.1 Å². The summed E-state index contributed by atoms with van der Waals surface area (Å²) in [6.45, 7) is 7.50. The van der Waals surface area contributed by atoms with Crippen molar-refractivity contribution in [3.63, 3.8) is 0 Å². The number of benzene rings is 2. The molecule has 1 fully saturated rings. The van der Waals surface area contributed by atoms with Gasteiger partial charge >= 0.3 is 0 Å². The largest absolute Gasteiger partial charge is 0.495 e. The number of sulfonamides is 1. The number of amides is 1. The summed E-state index contributed by atoms with van der Waals surface area (Å²) in [6, 6.07) is 13.1. The molecule has 34 heavy (non-hydrogen) atoms. The van der Waals surface area contributed by atoms with E-state index in [9.17, 15) is 13.2 Å². The number of methoxy groups -OCH3 is 1. The van der Waals surface area contributed by atoms with Crippen LogP contribution in [0.4, 0.5) is 5.69 Å². The molecule has 0 N–H and O–H groups in total. The Morgan fingerprint density at radius 1 is 0.971 bits per heavy atom. The minimum Gasteiger partial charge on any atom is -0.495 e. The molecule has 0 bridgehead atoms. The van der Waals surface area contributed by atoms with Gasteiger partial charge in [-0.3, -0.25) is 4.79 Å². The highest BCUT2D eigenvalue weighted by molar-refractivity contribution is 7.89. The predicted molar refractivity (Wildman–Crippen MR) is 134 cm³/mol. The van der Waals surface area contributed by atoms with E-state index in [0.717, 1.165) is 24.1 Å². The lowest BCUT2D eigenvalue weighted by Crippen LogP contribution is -2.50. The fourth-order valence-corrected chi connectivity index (χ4v) is 6.40. The number of piperazine rings is 1. The van der Waals surface area contributed by atoms with Crippen LogP contribution in [0.3, 0.4) is 0 Å². The van der Waals surface area contributed by atoms with Crippen molar-refractivity contribution in [1.82, 2.24) is 9.21 Å². The summed E-state index contributed by atoms with van der Waals surface area (Å²) in [6.07, 6.45) is 2.42.